The normalized spacial score (nSPS) is 13.1. The van der Waals surface area contributed by atoms with Gasteiger partial charge in [0.2, 0.25) is 0 Å². The molecule has 0 radical (unpaired) electrons. The number of hydrogen-bond donors (Lipinski definition) is 1. The minimum atomic E-state index is -0.525. The first-order valence-corrected chi connectivity index (χ1v) is 5.25. The maximum Gasteiger partial charge on any atom is 0.322 e. The summed E-state index contributed by atoms with van der Waals surface area (Å²) in [6.07, 6.45) is 8.66. The van der Waals surface area contributed by atoms with Gasteiger partial charge in [-0.05, 0) is 19.8 Å². The molecule has 0 aliphatic rings. The third-order valence-electron chi connectivity index (χ3n) is 1.83. The molecule has 1 atom stereocenters. The van der Waals surface area contributed by atoms with Gasteiger partial charge in [0.05, 0.1) is 0 Å². The van der Waals surface area contributed by atoms with Gasteiger partial charge in [-0.3, -0.25) is 4.79 Å². The zero-order valence-electron chi connectivity index (χ0n) is 9.16. The Hall–Kier alpha value is -0.830. The number of carbonyl (C=O) groups excluding carboxylic acids is 1. The third kappa shape index (κ3) is 7.80. The first-order valence-electron chi connectivity index (χ1n) is 5.25. The minimum absolute atomic E-state index is 0.340. The Morgan fingerprint density at radius 1 is 1.43 bits per heavy atom. The van der Waals surface area contributed by atoms with Gasteiger partial charge >= 0.3 is 5.97 Å². The lowest BCUT2D eigenvalue weighted by Crippen LogP contribution is -2.28. The molecule has 2 N–H and O–H groups in total. The van der Waals surface area contributed by atoms with Crippen molar-refractivity contribution in [1.82, 2.24) is 0 Å². The maximum absolute atomic E-state index is 10.9. The molecule has 0 amide bonds. The summed E-state index contributed by atoms with van der Waals surface area (Å²) in [5.41, 5.74) is 5.32. The summed E-state index contributed by atoms with van der Waals surface area (Å²) in [6.45, 7) is 4.13. The van der Waals surface area contributed by atoms with E-state index in [9.17, 15) is 4.79 Å². The van der Waals surface area contributed by atoms with E-state index < -0.39 is 6.04 Å². The number of nitrogens with two attached hydrogens (primary N) is 1. The van der Waals surface area contributed by atoms with E-state index in [2.05, 4.69) is 6.92 Å². The molecule has 3 nitrogen and oxygen atoms in total. The second-order valence-corrected chi connectivity index (χ2v) is 3.39. The lowest BCUT2D eigenvalue weighted by Gasteiger charge is -2.03. The smallest absolute Gasteiger partial charge is 0.322 e. The van der Waals surface area contributed by atoms with Crippen molar-refractivity contribution in [1.29, 1.82) is 0 Å². The number of rotatable bonds is 7. The fourth-order valence-electron chi connectivity index (χ4n) is 0.960. The van der Waals surface area contributed by atoms with Crippen LogP contribution in [-0.2, 0) is 9.53 Å². The van der Waals surface area contributed by atoms with Crippen LogP contribution >= 0.6 is 0 Å². The Morgan fingerprint density at radius 2 is 2.14 bits per heavy atom. The van der Waals surface area contributed by atoms with Crippen molar-refractivity contribution in [2.45, 2.75) is 45.6 Å². The summed E-state index contributed by atoms with van der Waals surface area (Å²) in [5, 5.41) is 0. The Balaban J connectivity index is 3.31. The van der Waals surface area contributed by atoms with E-state index in [4.69, 9.17) is 10.5 Å². The molecule has 0 aliphatic heterocycles. The third-order valence-corrected chi connectivity index (χ3v) is 1.83. The number of allylic oxidation sites excluding steroid dienone is 1. The van der Waals surface area contributed by atoms with Crippen LogP contribution in [0.1, 0.15) is 39.5 Å². The van der Waals surface area contributed by atoms with E-state index in [0.717, 1.165) is 6.42 Å². The molecule has 0 bridgehead atoms. The molecule has 0 fully saturated rings. The molecule has 0 aromatic heterocycles. The van der Waals surface area contributed by atoms with E-state index in [-0.39, 0.29) is 5.97 Å². The highest BCUT2D eigenvalue weighted by Crippen LogP contribution is 1.99. The standard InChI is InChI=1S/C11H21NO2/c1-3-4-5-6-7-8-9-14-11(13)10(2)12/h7-8,10H,3-6,9,12H2,1-2H3. The highest BCUT2D eigenvalue weighted by Gasteiger charge is 2.06. The van der Waals surface area contributed by atoms with Crippen LogP contribution in [0.2, 0.25) is 0 Å². The SMILES string of the molecule is CCCCCC=CCOC(=O)C(C)N. The lowest BCUT2D eigenvalue weighted by atomic mass is 10.2. The lowest BCUT2D eigenvalue weighted by molar-refractivity contribution is -0.143. The predicted molar refractivity (Wildman–Crippen MR) is 57.9 cm³/mol. The van der Waals surface area contributed by atoms with Crippen LogP contribution < -0.4 is 5.73 Å². The summed E-state index contributed by atoms with van der Waals surface area (Å²) in [7, 11) is 0. The number of carbonyl (C=O) groups is 1. The maximum atomic E-state index is 10.9. The number of ether oxygens (including phenoxy) is 1. The highest BCUT2D eigenvalue weighted by molar-refractivity contribution is 5.74. The van der Waals surface area contributed by atoms with Crippen LogP contribution in [0.15, 0.2) is 12.2 Å². The largest absolute Gasteiger partial charge is 0.460 e. The van der Waals surface area contributed by atoms with Gasteiger partial charge in [-0.1, -0.05) is 31.9 Å². The van der Waals surface area contributed by atoms with Gasteiger partial charge in [-0.15, -0.1) is 0 Å². The molecule has 14 heavy (non-hydrogen) atoms. The van der Waals surface area contributed by atoms with Crippen LogP contribution in [0.5, 0.6) is 0 Å². The summed E-state index contributed by atoms with van der Waals surface area (Å²) < 4.78 is 4.86. The van der Waals surface area contributed by atoms with Gasteiger partial charge < -0.3 is 10.5 Å². The zero-order valence-corrected chi connectivity index (χ0v) is 9.16. The molecular weight excluding hydrogens is 178 g/mol. The zero-order chi connectivity index (χ0) is 10.8. The van der Waals surface area contributed by atoms with Gasteiger partial charge in [-0.2, -0.15) is 0 Å². The van der Waals surface area contributed by atoms with Gasteiger partial charge in [0.1, 0.15) is 12.6 Å². The molecule has 0 spiro atoms. The summed E-state index contributed by atoms with van der Waals surface area (Å²) >= 11 is 0. The first-order chi connectivity index (χ1) is 6.68. The minimum Gasteiger partial charge on any atom is -0.460 e. The quantitative estimate of drug-likeness (QED) is 0.387. The van der Waals surface area contributed by atoms with Crippen molar-refractivity contribution in [2.24, 2.45) is 5.73 Å². The van der Waals surface area contributed by atoms with Crippen molar-refractivity contribution < 1.29 is 9.53 Å². The Kier molecular flexibility index (Phi) is 8.24. The molecule has 82 valence electrons. The van der Waals surface area contributed by atoms with E-state index in [1.165, 1.54) is 19.3 Å². The predicted octanol–water partition coefficient (Wildman–Crippen LogP) is 2.01. The van der Waals surface area contributed by atoms with Crippen LogP contribution in [0.4, 0.5) is 0 Å². The van der Waals surface area contributed by atoms with Gasteiger partial charge in [0.25, 0.3) is 0 Å². The topological polar surface area (TPSA) is 52.3 Å². The molecule has 0 heterocycles. The fraction of sp³-hybridized carbons (Fsp3) is 0.727. The van der Waals surface area contributed by atoms with E-state index >= 15 is 0 Å². The average Bonchev–Trinajstić information content (AvgIpc) is 2.16. The molecule has 0 aromatic carbocycles. The summed E-state index contributed by atoms with van der Waals surface area (Å²) in [4.78, 5) is 10.9. The van der Waals surface area contributed by atoms with E-state index in [0.29, 0.717) is 6.61 Å². The second-order valence-electron chi connectivity index (χ2n) is 3.39. The van der Waals surface area contributed by atoms with Crippen molar-refractivity contribution in [3.05, 3.63) is 12.2 Å². The first kappa shape index (κ1) is 13.2. The van der Waals surface area contributed by atoms with E-state index in [1.807, 2.05) is 12.2 Å². The van der Waals surface area contributed by atoms with Crippen LogP contribution in [0.25, 0.3) is 0 Å². The Labute approximate surface area is 86.3 Å². The average molecular weight is 199 g/mol. The fourth-order valence-corrected chi connectivity index (χ4v) is 0.960. The van der Waals surface area contributed by atoms with Crippen LogP contribution in [0, 0.1) is 0 Å². The van der Waals surface area contributed by atoms with Crippen molar-refractivity contribution in [2.75, 3.05) is 6.61 Å². The number of unbranched alkanes of at least 4 members (excludes halogenated alkanes) is 3. The Bertz CT molecular complexity index is 176. The molecule has 1 unspecified atom stereocenters. The van der Waals surface area contributed by atoms with Crippen LogP contribution in [0.3, 0.4) is 0 Å². The van der Waals surface area contributed by atoms with Crippen molar-refractivity contribution in [3.63, 3.8) is 0 Å². The van der Waals surface area contributed by atoms with E-state index in [1.54, 1.807) is 6.92 Å². The summed E-state index contributed by atoms with van der Waals surface area (Å²) in [5.74, 6) is -0.344. The van der Waals surface area contributed by atoms with Gasteiger partial charge in [0.15, 0.2) is 0 Å². The highest BCUT2D eigenvalue weighted by atomic mass is 16.5. The van der Waals surface area contributed by atoms with Gasteiger partial charge in [-0.25, -0.2) is 0 Å². The molecule has 3 heteroatoms. The molecule has 0 rings (SSSR count). The molecule has 0 saturated heterocycles. The Morgan fingerprint density at radius 3 is 2.71 bits per heavy atom. The molecular formula is C11H21NO2. The monoisotopic (exact) mass is 199 g/mol. The van der Waals surface area contributed by atoms with Crippen molar-refractivity contribution in [3.8, 4) is 0 Å². The molecule has 0 aromatic rings. The molecule has 0 saturated carbocycles. The number of hydrogen-bond acceptors (Lipinski definition) is 3. The second kappa shape index (κ2) is 8.75. The van der Waals surface area contributed by atoms with Crippen LogP contribution in [-0.4, -0.2) is 18.6 Å². The number of esters is 1. The summed E-state index contributed by atoms with van der Waals surface area (Å²) in [6, 6.07) is -0.525. The van der Waals surface area contributed by atoms with Gasteiger partial charge in [0, 0.05) is 0 Å². The van der Waals surface area contributed by atoms with Crippen molar-refractivity contribution >= 4 is 5.97 Å². The molecule has 0 aliphatic carbocycles.